The summed E-state index contributed by atoms with van der Waals surface area (Å²) in [6, 6.07) is 1.05. The fourth-order valence-electron chi connectivity index (χ4n) is 3.58. The van der Waals surface area contributed by atoms with E-state index >= 15 is 0 Å². The normalized spacial score (nSPS) is 34.9. The van der Waals surface area contributed by atoms with Crippen LogP contribution in [-0.4, -0.2) is 67.2 Å². The third kappa shape index (κ3) is 3.32. The molecule has 2 N–H and O–H groups in total. The van der Waals surface area contributed by atoms with E-state index in [2.05, 4.69) is 23.9 Å². The highest BCUT2D eigenvalue weighted by Gasteiger charge is 2.44. The van der Waals surface area contributed by atoms with Gasteiger partial charge in [0.1, 0.15) is 5.54 Å². The van der Waals surface area contributed by atoms with Crippen LogP contribution in [0.4, 0.5) is 0 Å². The predicted molar refractivity (Wildman–Crippen MR) is 79.5 cm³/mol. The fourth-order valence-corrected chi connectivity index (χ4v) is 3.58. The number of ether oxygens (including phenoxy) is 1. The second-order valence-electron chi connectivity index (χ2n) is 6.49. The molecule has 1 aliphatic heterocycles. The van der Waals surface area contributed by atoms with Crippen LogP contribution >= 0.6 is 0 Å². The highest BCUT2D eigenvalue weighted by atomic mass is 16.5. The fraction of sp³-hybridized carbons (Fsp3) is 0.933. The average Bonchev–Trinajstić information content (AvgIpc) is 2.98. The molecule has 0 aromatic heterocycles. The van der Waals surface area contributed by atoms with E-state index in [9.17, 15) is 4.79 Å². The van der Waals surface area contributed by atoms with E-state index < -0.39 is 5.54 Å². The number of nitrogens with zero attached hydrogens (tertiary/aromatic N) is 2. The Hall–Kier alpha value is -0.650. The number of esters is 1. The van der Waals surface area contributed by atoms with Gasteiger partial charge in [-0.2, -0.15) is 0 Å². The van der Waals surface area contributed by atoms with Crippen LogP contribution in [0.5, 0.6) is 0 Å². The van der Waals surface area contributed by atoms with Gasteiger partial charge in [0, 0.05) is 18.6 Å². The van der Waals surface area contributed by atoms with E-state index in [-0.39, 0.29) is 5.97 Å². The van der Waals surface area contributed by atoms with Crippen molar-refractivity contribution in [2.45, 2.75) is 56.7 Å². The maximum atomic E-state index is 12.0. The molecule has 0 bridgehead atoms. The van der Waals surface area contributed by atoms with Gasteiger partial charge in [0.05, 0.1) is 6.61 Å². The summed E-state index contributed by atoms with van der Waals surface area (Å²) in [5.74, 6) is -0.228. The van der Waals surface area contributed by atoms with Gasteiger partial charge in [-0.3, -0.25) is 4.79 Å². The lowest BCUT2D eigenvalue weighted by atomic mass is 9.99. The van der Waals surface area contributed by atoms with Gasteiger partial charge < -0.3 is 20.3 Å². The second-order valence-corrected chi connectivity index (χ2v) is 6.49. The molecule has 5 heteroatoms. The Morgan fingerprint density at radius 1 is 1.50 bits per heavy atom. The highest BCUT2D eigenvalue weighted by Crippen LogP contribution is 2.32. The van der Waals surface area contributed by atoms with Crippen molar-refractivity contribution in [3.8, 4) is 0 Å². The molecular formula is C15H29N3O2. The molecule has 2 rings (SSSR count). The van der Waals surface area contributed by atoms with Crippen LogP contribution in [0, 0.1) is 0 Å². The molecule has 20 heavy (non-hydrogen) atoms. The molecule has 1 saturated heterocycles. The minimum Gasteiger partial charge on any atom is -0.465 e. The SMILES string of the molecule is CCOC(=O)C1(N)CCC(N(C)CC2CCCN2C)C1. The predicted octanol–water partition coefficient (Wildman–Crippen LogP) is 0.826. The minimum atomic E-state index is -0.767. The third-order valence-corrected chi connectivity index (χ3v) is 5.00. The first-order chi connectivity index (χ1) is 9.46. The Labute approximate surface area is 122 Å². The van der Waals surface area contributed by atoms with Crippen LogP contribution < -0.4 is 5.73 Å². The standard InChI is InChI=1S/C15H29N3O2/c1-4-20-14(19)15(16)8-7-12(10-15)18(3)11-13-6-5-9-17(13)2/h12-13H,4-11,16H2,1-3H3. The van der Waals surface area contributed by atoms with Crippen LogP contribution in [0.3, 0.4) is 0 Å². The molecule has 3 atom stereocenters. The minimum absolute atomic E-state index is 0.228. The number of hydrogen-bond acceptors (Lipinski definition) is 5. The molecule has 3 unspecified atom stereocenters. The van der Waals surface area contributed by atoms with Gasteiger partial charge in [0.25, 0.3) is 0 Å². The van der Waals surface area contributed by atoms with Gasteiger partial charge in [0.15, 0.2) is 0 Å². The molecule has 0 aromatic rings. The van der Waals surface area contributed by atoms with Gasteiger partial charge in [-0.15, -0.1) is 0 Å². The van der Waals surface area contributed by atoms with Crippen molar-refractivity contribution in [2.24, 2.45) is 5.73 Å². The summed E-state index contributed by atoms with van der Waals surface area (Å²) in [5.41, 5.74) is 5.47. The molecule has 5 nitrogen and oxygen atoms in total. The molecule has 116 valence electrons. The Morgan fingerprint density at radius 3 is 2.85 bits per heavy atom. The molecule has 1 saturated carbocycles. The van der Waals surface area contributed by atoms with Crippen LogP contribution in [-0.2, 0) is 9.53 Å². The number of carbonyl (C=O) groups excluding carboxylic acids is 1. The summed E-state index contributed by atoms with van der Waals surface area (Å²) in [6.07, 6.45) is 5.02. The molecular weight excluding hydrogens is 254 g/mol. The van der Waals surface area contributed by atoms with Crippen LogP contribution in [0.25, 0.3) is 0 Å². The van der Waals surface area contributed by atoms with E-state index in [4.69, 9.17) is 10.5 Å². The van der Waals surface area contributed by atoms with Crippen molar-refractivity contribution in [3.05, 3.63) is 0 Å². The quantitative estimate of drug-likeness (QED) is 0.757. The van der Waals surface area contributed by atoms with Gasteiger partial charge in [0.2, 0.25) is 0 Å². The van der Waals surface area contributed by atoms with Crippen molar-refractivity contribution in [1.29, 1.82) is 0 Å². The summed E-state index contributed by atoms with van der Waals surface area (Å²) in [7, 11) is 4.36. The lowest BCUT2D eigenvalue weighted by Crippen LogP contribution is -2.49. The monoisotopic (exact) mass is 283 g/mol. The van der Waals surface area contributed by atoms with Crippen LogP contribution in [0.15, 0.2) is 0 Å². The van der Waals surface area contributed by atoms with Crippen molar-refractivity contribution in [2.75, 3.05) is 33.8 Å². The maximum Gasteiger partial charge on any atom is 0.326 e. The Morgan fingerprint density at radius 2 is 2.25 bits per heavy atom. The summed E-state index contributed by atoms with van der Waals surface area (Å²) >= 11 is 0. The smallest absolute Gasteiger partial charge is 0.326 e. The Balaban J connectivity index is 1.86. The largest absolute Gasteiger partial charge is 0.465 e. The molecule has 2 aliphatic rings. The lowest BCUT2D eigenvalue weighted by Gasteiger charge is -2.31. The zero-order valence-electron chi connectivity index (χ0n) is 13.1. The molecule has 1 aliphatic carbocycles. The van der Waals surface area contributed by atoms with E-state index in [1.54, 1.807) is 0 Å². The van der Waals surface area contributed by atoms with E-state index in [1.807, 2.05) is 6.92 Å². The van der Waals surface area contributed by atoms with Gasteiger partial charge >= 0.3 is 5.97 Å². The zero-order chi connectivity index (χ0) is 14.8. The summed E-state index contributed by atoms with van der Waals surface area (Å²) < 4.78 is 5.12. The molecule has 0 aromatic carbocycles. The van der Waals surface area contributed by atoms with E-state index in [0.29, 0.717) is 18.7 Å². The number of carbonyl (C=O) groups is 1. The first-order valence-corrected chi connectivity index (χ1v) is 7.83. The number of nitrogens with two attached hydrogens (primary N) is 1. The first-order valence-electron chi connectivity index (χ1n) is 7.83. The summed E-state index contributed by atoms with van der Waals surface area (Å²) in [4.78, 5) is 16.8. The lowest BCUT2D eigenvalue weighted by molar-refractivity contribution is -0.149. The van der Waals surface area contributed by atoms with Crippen molar-refractivity contribution < 1.29 is 9.53 Å². The first kappa shape index (κ1) is 15.7. The molecule has 2 fully saturated rings. The highest BCUT2D eigenvalue weighted by molar-refractivity contribution is 5.81. The number of hydrogen-bond donors (Lipinski definition) is 1. The van der Waals surface area contributed by atoms with E-state index in [1.165, 1.54) is 19.4 Å². The topological polar surface area (TPSA) is 58.8 Å². The number of likely N-dealkylation sites (N-methyl/N-ethyl adjacent to an activating group) is 2. The Kier molecular flexibility index (Phi) is 5.04. The van der Waals surface area contributed by atoms with Crippen molar-refractivity contribution >= 4 is 5.97 Å². The van der Waals surface area contributed by atoms with Gasteiger partial charge in [-0.1, -0.05) is 0 Å². The Bertz CT molecular complexity index is 350. The summed E-state index contributed by atoms with van der Waals surface area (Å²) in [6.45, 7) is 4.51. The van der Waals surface area contributed by atoms with Crippen LogP contribution in [0.1, 0.15) is 39.0 Å². The molecule has 0 radical (unpaired) electrons. The number of likely N-dealkylation sites (tertiary alicyclic amines) is 1. The third-order valence-electron chi connectivity index (χ3n) is 5.00. The van der Waals surface area contributed by atoms with Crippen molar-refractivity contribution in [1.82, 2.24) is 9.80 Å². The zero-order valence-corrected chi connectivity index (χ0v) is 13.1. The molecule has 0 amide bonds. The van der Waals surface area contributed by atoms with Crippen LogP contribution in [0.2, 0.25) is 0 Å². The number of rotatable bonds is 5. The second kappa shape index (κ2) is 6.41. The van der Waals surface area contributed by atoms with E-state index in [0.717, 1.165) is 25.8 Å². The molecule has 0 spiro atoms. The van der Waals surface area contributed by atoms with Crippen molar-refractivity contribution in [3.63, 3.8) is 0 Å². The van der Waals surface area contributed by atoms with Gasteiger partial charge in [-0.25, -0.2) is 0 Å². The summed E-state index contributed by atoms with van der Waals surface area (Å²) in [5, 5.41) is 0. The maximum absolute atomic E-state index is 12.0. The van der Waals surface area contributed by atoms with Gasteiger partial charge in [-0.05, 0) is 59.7 Å². The average molecular weight is 283 g/mol. The molecule has 1 heterocycles.